The molecule has 1 atom stereocenters. The molecule has 1 heterocycles. The Morgan fingerprint density at radius 3 is 2.57 bits per heavy atom. The topological polar surface area (TPSA) is 20.3 Å². The molecule has 1 fully saturated rings. The van der Waals surface area contributed by atoms with Crippen LogP contribution in [0.15, 0.2) is 30.3 Å². The van der Waals surface area contributed by atoms with Gasteiger partial charge >= 0.3 is 0 Å². The highest BCUT2D eigenvalue weighted by Crippen LogP contribution is 2.24. The van der Waals surface area contributed by atoms with Crippen LogP contribution < -0.4 is 0 Å². The molecule has 1 unspecified atom stereocenters. The quantitative estimate of drug-likeness (QED) is 0.699. The van der Waals surface area contributed by atoms with E-state index in [0.717, 1.165) is 19.4 Å². The number of carbonyl (C=O) groups excluding carboxylic acids is 1. The van der Waals surface area contributed by atoms with Crippen molar-refractivity contribution in [2.24, 2.45) is 0 Å². The standard InChI is InChI=1S/C12H15NO/c1-10(11-6-3-2-4-7-11)13-9-5-8-12(13)14/h2-4,6-7,10H,5,8-9H2,1H3. The number of benzene rings is 1. The van der Waals surface area contributed by atoms with Crippen LogP contribution in [0.5, 0.6) is 0 Å². The van der Waals surface area contributed by atoms with E-state index in [0.29, 0.717) is 5.91 Å². The summed E-state index contributed by atoms with van der Waals surface area (Å²) in [6, 6.07) is 10.4. The highest BCUT2D eigenvalue weighted by atomic mass is 16.2. The van der Waals surface area contributed by atoms with Gasteiger partial charge in [-0.2, -0.15) is 0 Å². The Morgan fingerprint density at radius 2 is 2.00 bits per heavy atom. The van der Waals surface area contributed by atoms with Gasteiger partial charge in [0.2, 0.25) is 5.91 Å². The number of hydrogen-bond acceptors (Lipinski definition) is 1. The summed E-state index contributed by atoms with van der Waals surface area (Å²) in [6.07, 6.45) is 1.73. The Kier molecular flexibility index (Phi) is 2.53. The third-order valence-corrected chi connectivity index (χ3v) is 2.86. The van der Waals surface area contributed by atoms with Crippen molar-refractivity contribution >= 4 is 5.91 Å². The molecule has 0 N–H and O–H groups in total. The van der Waals surface area contributed by atoms with Crippen molar-refractivity contribution in [1.29, 1.82) is 0 Å². The van der Waals surface area contributed by atoms with E-state index in [1.54, 1.807) is 0 Å². The molecule has 1 aromatic rings. The van der Waals surface area contributed by atoms with Gasteiger partial charge in [0.25, 0.3) is 0 Å². The molecule has 0 aromatic heterocycles. The first-order chi connectivity index (χ1) is 6.79. The number of amides is 1. The molecule has 1 saturated heterocycles. The van der Waals surface area contributed by atoms with Gasteiger partial charge in [0.05, 0.1) is 6.04 Å². The van der Waals surface area contributed by atoms with Crippen molar-refractivity contribution in [3.05, 3.63) is 35.9 Å². The largest absolute Gasteiger partial charge is 0.336 e. The lowest BCUT2D eigenvalue weighted by Crippen LogP contribution is -2.27. The zero-order valence-electron chi connectivity index (χ0n) is 8.44. The van der Waals surface area contributed by atoms with Gasteiger partial charge in [-0.25, -0.2) is 0 Å². The second kappa shape index (κ2) is 3.82. The molecular formula is C12H15NO. The van der Waals surface area contributed by atoms with Gasteiger partial charge in [-0.05, 0) is 18.9 Å². The Labute approximate surface area is 84.5 Å². The van der Waals surface area contributed by atoms with Crippen molar-refractivity contribution in [2.75, 3.05) is 6.54 Å². The third kappa shape index (κ3) is 1.65. The molecule has 1 aliphatic rings. The van der Waals surface area contributed by atoms with Crippen LogP contribution in [0.25, 0.3) is 0 Å². The molecule has 0 aliphatic carbocycles. The Bertz CT molecular complexity index is 320. The predicted molar refractivity (Wildman–Crippen MR) is 55.8 cm³/mol. The fourth-order valence-electron chi connectivity index (χ4n) is 1.99. The molecule has 0 saturated carbocycles. The highest BCUT2D eigenvalue weighted by Gasteiger charge is 2.25. The number of hydrogen-bond donors (Lipinski definition) is 0. The zero-order valence-corrected chi connectivity index (χ0v) is 8.44. The van der Waals surface area contributed by atoms with Crippen molar-refractivity contribution in [1.82, 2.24) is 4.90 Å². The maximum Gasteiger partial charge on any atom is 0.223 e. The van der Waals surface area contributed by atoms with Gasteiger partial charge < -0.3 is 4.90 Å². The predicted octanol–water partition coefficient (Wildman–Crippen LogP) is 2.37. The minimum Gasteiger partial charge on any atom is -0.336 e. The van der Waals surface area contributed by atoms with Crippen molar-refractivity contribution < 1.29 is 4.79 Å². The molecule has 0 radical (unpaired) electrons. The van der Waals surface area contributed by atoms with Crippen molar-refractivity contribution in [2.45, 2.75) is 25.8 Å². The van der Waals surface area contributed by atoms with Gasteiger partial charge in [-0.15, -0.1) is 0 Å². The minimum absolute atomic E-state index is 0.228. The van der Waals surface area contributed by atoms with Crippen molar-refractivity contribution in [3.63, 3.8) is 0 Å². The van der Waals surface area contributed by atoms with Gasteiger partial charge in [0, 0.05) is 13.0 Å². The van der Waals surface area contributed by atoms with E-state index in [9.17, 15) is 4.79 Å². The van der Waals surface area contributed by atoms with Crippen LogP contribution in [0.3, 0.4) is 0 Å². The smallest absolute Gasteiger partial charge is 0.223 e. The second-order valence-corrected chi connectivity index (χ2v) is 3.78. The molecule has 1 aromatic carbocycles. The molecule has 0 bridgehead atoms. The SMILES string of the molecule is CC(c1ccccc1)N1CCCC1=O. The van der Waals surface area contributed by atoms with E-state index >= 15 is 0 Å². The monoisotopic (exact) mass is 189 g/mol. The summed E-state index contributed by atoms with van der Waals surface area (Å²) in [5.41, 5.74) is 1.22. The molecule has 14 heavy (non-hydrogen) atoms. The Balaban J connectivity index is 2.16. The molecule has 1 amide bonds. The van der Waals surface area contributed by atoms with E-state index in [1.165, 1.54) is 5.56 Å². The van der Waals surface area contributed by atoms with Gasteiger partial charge in [0.1, 0.15) is 0 Å². The zero-order chi connectivity index (χ0) is 9.97. The highest BCUT2D eigenvalue weighted by molar-refractivity contribution is 5.78. The lowest BCUT2D eigenvalue weighted by atomic mass is 10.1. The molecule has 2 nitrogen and oxygen atoms in total. The Hall–Kier alpha value is -1.31. The molecule has 2 heteroatoms. The first-order valence-corrected chi connectivity index (χ1v) is 5.13. The minimum atomic E-state index is 0.228. The van der Waals surface area contributed by atoms with Crippen LogP contribution in [0.1, 0.15) is 31.4 Å². The first-order valence-electron chi connectivity index (χ1n) is 5.13. The lowest BCUT2D eigenvalue weighted by molar-refractivity contribution is -0.129. The van der Waals surface area contributed by atoms with Crippen LogP contribution in [0.4, 0.5) is 0 Å². The maximum atomic E-state index is 11.5. The lowest BCUT2D eigenvalue weighted by Gasteiger charge is -2.24. The summed E-state index contributed by atoms with van der Waals surface area (Å²) in [5.74, 6) is 0.293. The van der Waals surface area contributed by atoms with E-state index in [4.69, 9.17) is 0 Å². The molecule has 74 valence electrons. The van der Waals surface area contributed by atoms with Crippen LogP contribution in [-0.2, 0) is 4.79 Å². The Morgan fingerprint density at radius 1 is 1.29 bits per heavy atom. The molecular weight excluding hydrogens is 174 g/mol. The number of carbonyl (C=O) groups is 1. The van der Waals surface area contributed by atoms with Crippen LogP contribution in [0.2, 0.25) is 0 Å². The summed E-state index contributed by atoms with van der Waals surface area (Å²) in [4.78, 5) is 13.5. The maximum absolute atomic E-state index is 11.5. The average molecular weight is 189 g/mol. The summed E-state index contributed by atoms with van der Waals surface area (Å²) < 4.78 is 0. The molecule has 2 rings (SSSR count). The first kappa shape index (κ1) is 9.25. The molecule has 0 spiro atoms. The van der Waals surface area contributed by atoms with E-state index in [1.807, 2.05) is 23.1 Å². The second-order valence-electron chi connectivity index (χ2n) is 3.78. The van der Waals surface area contributed by atoms with Crippen molar-refractivity contribution in [3.8, 4) is 0 Å². The third-order valence-electron chi connectivity index (χ3n) is 2.86. The fourth-order valence-corrected chi connectivity index (χ4v) is 1.99. The van der Waals surface area contributed by atoms with E-state index in [-0.39, 0.29) is 6.04 Å². The van der Waals surface area contributed by atoms with Gasteiger partial charge in [-0.1, -0.05) is 30.3 Å². The van der Waals surface area contributed by atoms with Crippen LogP contribution in [0, 0.1) is 0 Å². The van der Waals surface area contributed by atoms with Crippen LogP contribution >= 0.6 is 0 Å². The molecule has 1 aliphatic heterocycles. The van der Waals surface area contributed by atoms with Gasteiger partial charge in [-0.3, -0.25) is 4.79 Å². The summed E-state index contributed by atoms with van der Waals surface area (Å²) in [5, 5.41) is 0. The summed E-state index contributed by atoms with van der Waals surface area (Å²) >= 11 is 0. The average Bonchev–Trinajstić information content (AvgIpc) is 2.65. The summed E-state index contributed by atoms with van der Waals surface area (Å²) in [6.45, 7) is 3.01. The normalized spacial score (nSPS) is 18.6. The number of rotatable bonds is 2. The van der Waals surface area contributed by atoms with E-state index in [2.05, 4.69) is 19.1 Å². The van der Waals surface area contributed by atoms with Crippen LogP contribution in [-0.4, -0.2) is 17.4 Å². The number of nitrogens with zero attached hydrogens (tertiary/aromatic N) is 1. The fraction of sp³-hybridized carbons (Fsp3) is 0.417. The number of likely N-dealkylation sites (tertiary alicyclic amines) is 1. The van der Waals surface area contributed by atoms with Gasteiger partial charge in [0.15, 0.2) is 0 Å². The van der Waals surface area contributed by atoms with E-state index < -0.39 is 0 Å². The summed E-state index contributed by atoms with van der Waals surface area (Å²) in [7, 11) is 0.